The molecule has 2 atom stereocenters. The summed E-state index contributed by atoms with van der Waals surface area (Å²) in [5.41, 5.74) is 1.23. The minimum atomic E-state index is 0.260. The van der Waals surface area contributed by atoms with Gasteiger partial charge in [0, 0.05) is 0 Å². The molecule has 0 unspecified atom stereocenters. The monoisotopic (exact) mass is 304 g/mol. The molecule has 0 saturated carbocycles. The first kappa shape index (κ1) is 10.4. The zero-order valence-corrected chi connectivity index (χ0v) is 10.0. The van der Waals surface area contributed by atoms with Gasteiger partial charge in [-0.25, -0.2) is 0 Å². The van der Waals surface area contributed by atoms with Crippen molar-refractivity contribution in [3.63, 3.8) is 0 Å². The molecule has 1 aliphatic heterocycles. The number of hydrogen-bond acceptors (Lipinski definition) is 2. The maximum absolute atomic E-state index is 5.77. The largest absolute Gasteiger partial charge is 0.378 e. The van der Waals surface area contributed by atoms with Crippen molar-refractivity contribution in [2.45, 2.75) is 16.6 Å². The van der Waals surface area contributed by atoms with Crippen molar-refractivity contribution in [1.82, 2.24) is 0 Å². The highest BCUT2D eigenvalue weighted by molar-refractivity contribution is 14.1. The maximum Gasteiger partial charge on any atom is 0.0952 e. The average molecular weight is 304 g/mol. The zero-order valence-electron chi connectivity index (χ0n) is 7.86. The third-order valence-corrected chi connectivity index (χ3v) is 3.43. The first-order valence-corrected chi connectivity index (χ1v) is 5.98. The van der Waals surface area contributed by atoms with Gasteiger partial charge in [-0.05, 0) is 5.56 Å². The summed E-state index contributed by atoms with van der Waals surface area (Å²) in [4.78, 5) is 0. The van der Waals surface area contributed by atoms with Gasteiger partial charge in [-0.3, -0.25) is 0 Å². The van der Waals surface area contributed by atoms with Crippen molar-refractivity contribution >= 4 is 22.6 Å². The van der Waals surface area contributed by atoms with Crippen molar-refractivity contribution in [2.24, 2.45) is 0 Å². The van der Waals surface area contributed by atoms with Gasteiger partial charge in [-0.1, -0.05) is 52.9 Å². The molecule has 1 saturated heterocycles. The van der Waals surface area contributed by atoms with Crippen molar-refractivity contribution in [3.05, 3.63) is 35.9 Å². The number of hydrogen-bond donors (Lipinski definition) is 0. The van der Waals surface area contributed by atoms with E-state index in [1.54, 1.807) is 0 Å². The van der Waals surface area contributed by atoms with Crippen molar-refractivity contribution in [3.8, 4) is 0 Å². The molecule has 0 bridgehead atoms. The summed E-state index contributed by atoms with van der Waals surface area (Å²) in [6.07, 6.45) is 0.260. The summed E-state index contributed by atoms with van der Waals surface area (Å²) in [7, 11) is 0. The van der Waals surface area contributed by atoms with Gasteiger partial charge in [0.15, 0.2) is 0 Å². The van der Waals surface area contributed by atoms with E-state index >= 15 is 0 Å². The summed E-state index contributed by atoms with van der Waals surface area (Å²) in [6.45, 7) is 2.24. The molecule has 0 radical (unpaired) electrons. The Bertz CT molecular complexity index is 276. The molecule has 2 nitrogen and oxygen atoms in total. The Labute approximate surface area is 97.7 Å². The number of alkyl halides is 1. The Balaban J connectivity index is 1.82. The van der Waals surface area contributed by atoms with Gasteiger partial charge in [-0.15, -0.1) is 0 Å². The molecule has 1 aliphatic rings. The van der Waals surface area contributed by atoms with E-state index in [-0.39, 0.29) is 6.10 Å². The molecule has 2 rings (SSSR count). The molecular weight excluding hydrogens is 291 g/mol. The van der Waals surface area contributed by atoms with E-state index in [4.69, 9.17) is 9.47 Å². The van der Waals surface area contributed by atoms with Gasteiger partial charge < -0.3 is 9.47 Å². The molecule has 1 heterocycles. The maximum atomic E-state index is 5.77. The van der Waals surface area contributed by atoms with Gasteiger partial charge in [0.2, 0.25) is 0 Å². The first-order valence-electron chi connectivity index (χ1n) is 4.73. The van der Waals surface area contributed by atoms with Crippen LogP contribution in [0.3, 0.4) is 0 Å². The van der Waals surface area contributed by atoms with Crippen LogP contribution in [-0.2, 0) is 16.1 Å². The lowest BCUT2D eigenvalue weighted by molar-refractivity contribution is 0.0346. The molecule has 0 spiro atoms. The molecule has 1 aromatic carbocycles. The highest BCUT2D eigenvalue weighted by Gasteiger charge is 2.26. The highest BCUT2D eigenvalue weighted by Crippen LogP contribution is 2.19. The average Bonchev–Trinajstić information content (AvgIpc) is 2.63. The minimum Gasteiger partial charge on any atom is -0.378 e. The van der Waals surface area contributed by atoms with E-state index in [0.29, 0.717) is 10.5 Å². The van der Waals surface area contributed by atoms with Crippen molar-refractivity contribution in [2.75, 3.05) is 13.2 Å². The molecule has 76 valence electrons. The van der Waals surface area contributed by atoms with Crippen LogP contribution in [0.5, 0.6) is 0 Å². The third kappa shape index (κ3) is 2.68. The van der Waals surface area contributed by atoms with Crippen LogP contribution in [0.2, 0.25) is 0 Å². The Morgan fingerprint density at radius 1 is 1.29 bits per heavy atom. The Morgan fingerprint density at radius 3 is 2.71 bits per heavy atom. The van der Waals surface area contributed by atoms with E-state index in [1.165, 1.54) is 5.56 Å². The van der Waals surface area contributed by atoms with Gasteiger partial charge >= 0.3 is 0 Å². The second kappa shape index (κ2) is 5.09. The number of halogens is 1. The third-order valence-electron chi connectivity index (χ3n) is 2.27. The van der Waals surface area contributed by atoms with Gasteiger partial charge in [0.05, 0.1) is 29.8 Å². The summed E-state index contributed by atoms with van der Waals surface area (Å²) in [5.74, 6) is 0. The van der Waals surface area contributed by atoms with Gasteiger partial charge in [0.25, 0.3) is 0 Å². The summed E-state index contributed by atoms with van der Waals surface area (Å²) in [5, 5.41) is 0. The van der Waals surface area contributed by atoms with Crippen LogP contribution in [0.15, 0.2) is 30.3 Å². The molecule has 14 heavy (non-hydrogen) atoms. The van der Waals surface area contributed by atoms with Crippen LogP contribution in [0.4, 0.5) is 0 Å². The fourth-order valence-corrected chi connectivity index (χ4v) is 2.11. The molecule has 1 fully saturated rings. The predicted molar refractivity (Wildman–Crippen MR) is 63.6 cm³/mol. The number of benzene rings is 1. The van der Waals surface area contributed by atoms with Crippen LogP contribution in [0, 0.1) is 0 Å². The van der Waals surface area contributed by atoms with Crippen LogP contribution in [0.1, 0.15) is 5.56 Å². The van der Waals surface area contributed by atoms with Crippen LogP contribution >= 0.6 is 22.6 Å². The van der Waals surface area contributed by atoms with E-state index < -0.39 is 0 Å². The van der Waals surface area contributed by atoms with Crippen molar-refractivity contribution in [1.29, 1.82) is 0 Å². The first-order chi connectivity index (χ1) is 6.86. The van der Waals surface area contributed by atoms with E-state index in [2.05, 4.69) is 34.7 Å². The van der Waals surface area contributed by atoms with Crippen LogP contribution < -0.4 is 0 Å². The van der Waals surface area contributed by atoms with Crippen LogP contribution in [-0.4, -0.2) is 23.2 Å². The minimum absolute atomic E-state index is 0.260. The van der Waals surface area contributed by atoms with Crippen molar-refractivity contribution < 1.29 is 9.47 Å². The quantitative estimate of drug-likeness (QED) is 0.631. The Kier molecular flexibility index (Phi) is 3.78. The molecule has 0 N–H and O–H groups in total. The second-order valence-electron chi connectivity index (χ2n) is 3.39. The van der Waals surface area contributed by atoms with E-state index in [1.807, 2.05) is 18.2 Å². The van der Waals surface area contributed by atoms with E-state index in [9.17, 15) is 0 Å². The lowest BCUT2D eigenvalue weighted by Gasteiger charge is -2.13. The molecule has 3 heteroatoms. The predicted octanol–water partition coefficient (Wildman–Crippen LogP) is 2.41. The Morgan fingerprint density at radius 2 is 2.07 bits per heavy atom. The highest BCUT2D eigenvalue weighted by atomic mass is 127. The number of rotatable bonds is 3. The summed E-state index contributed by atoms with van der Waals surface area (Å²) >= 11 is 2.39. The second-order valence-corrected chi connectivity index (χ2v) is 4.99. The van der Waals surface area contributed by atoms with Gasteiger partial charge in [-0.2, -0.15) is 0 Å². The topological polar surface area (TPSA) is 18.5 Å². The van der Waals surface area contributed by atoms with Gasteiger partial charge in [0.1, 0.15) is 0 Å². The molecule has 0 aromatic heterocycles. The van der Waals surface area contributed by atoms with E-state index in [0.717, 1.165) is 13.2 Å². The normalized spacial score (nSPS) is 26.6. The molecule has 0 aliphatic carbocycles. The Hall–Kier alpha value is -0.130. The molecule has 0 amide bonds. The fraction of sp³-hybridized carbons (Fsp3) is 0.455. The molecular formula is C11H13IO2. The summed E-state index contributed by atoms with van der Waals surface area (Å²) < 4.78 is 11.6. The molecule has 1 aromatic rings. The zero-order chi connectivity index (χ0) is 9.80. The SMILES string of the molecule is I[C@@H]1COC[C@H]1OCc1ccccc1. The van der Waals surface area contributed by atoms with Crippen LogP contribution in [0.25, 0.3) is 0 Å². The lowest BCUT2D eigenvalue weighted by atomic mass is 10.2. The smallest absolute Gasteiger partial charge is 0.0952 e. The summed E-state index contributed by atoms with van der Waals surface area (Å²) in [6, 6.07) is 10.2. The fourth-order valence-electron chi connectivity index (χ4n) is 1.44. The number of ether oxygens (including phenoxy) is 2. The lowest BCUT2D eigenvalue weighted by Crippen LogP contribution is -2.21. The standard InChI is InChI=1S/C11H13IO2/c12-10-7-13-8-11(10)14-6-9-4-2-1-3-5-9/h1-5,10-11H,6-8H2/t10-,11-/m1/s1.